The molecule has 0 spiro atoms. The van der Waals surface area contributed by atoms with Crippen LogP contribution in [0.15, 0.2) is 23.4 Å². The molecule has 172 valence electrons. The number of nitrogens with one attached hydrogen (secondary N) is 1. The maximum absolute atomic E-state index is 15.0. The molecule has 2 aliphatic rings. The number of alkyl halides is 4. The fraction of sp³-hybridized carbons (Fsp3) is 0.571. The lowest BCUT2D eigenvalue weighted by atomic mass is 9.95. The van der Waals surface area contributed by atoms with Crippen molar-refractivity contribution in [2.75, 3.05) is 12.4 Å². The van der Waals surface area contributed by atoms with Crippen molar-refractivity contribution in [2.45, 2.75) is 70.0 Å². The highest BCUT2D eigenvalue weighted by atomic mass is 32.1. The van der Waals surface area contributed by atoms with Crippen LogP contribution in [0.2, 0.25) is 0 Å². The minimum absolute atomic E-state index is 0.0308. The topological polar surface area (TPSA) is 73.9 Å². The molecule has 3 heterocycles. The van der Waals surface area contributed by atoms with Gasteiger partial charge >= 0.3 is 6.18 Å². The average Bonchev–Trinajstić information content (AvgIpc) is 3.22. The molecule has 0 saturated carbocycles. The van der Waals surface area contributed by atoms with Gasteiger partial charge in [-0.3, -0.25) is 4.90 Å². The molecule has 1 aromatic carbocycles. The standard InChI is InChI=1S/C19H22F4N4OS.C2H6/c1-27-9-5-6-14(27)15(20)13(7-9)25-12-4-2-3-10-11(8-19(21,22)23)17(18(24)26-28)29-16(10)12;1-2/h2-4,9,13-15,25,28H,5-8H2,1H3,(H2,24,26);1-2H3. The zero-order valence-corrected chi connectivity index (χ0v) is 18.5. The van der Waals surface area contributed by atoms with Crippen LogP contribution in [0.25, 0.3) is 10.1 Å². The molecular formula is C21H28F4N4OS. The summed E-state index contributed by atoms with van der Waals surface area (Å²) >= 11 is 1.02. The number of hydrogen-bond donors (Lipinski definition) is 3. The number of fused-ring (bicyclic) bond motifs is 3. The van der Waals surface area contributed by atoms with Gasteiger partial charge in [0.2, 0.25) is 0 Å². The van der Waals surface area contributed by atoms with Gasteiger partial charge < -0.3 is 16.3 Å². The lowest BCUT2D eigenvalue weighted by molar-refractivity contribution is -0.126. The van der Waals surface area contributed by atoms with E-state index in [0.717, 1.165) is 24.2 Å². The Morgan fingerprint density at radius 3 is 2.68 bits per heavy atom. The number of anilines is 1. The molecule has 2 aromatic rings. The molecule has 4 atom stereocenters. The minimum Gasteiger partial charge on any atom is -0.409 e. The van der Waals surface area contributed by atoms with Gasteiger partial charge in [0.15, 0.2) is 5.84 Å². The fourth-order valence-corrected chi connectivity index (χ4v) is 5.84. The number of rotatable bonds is 4. The Balaban J connectivity index is 0.00000132. The van der Waals surface area contributed by atoms with Gasteiger partial charge in [0.25, 0.3) is 0 Å². The van der Waals surface area contributed by atoms with E-state index in [9.17, 15) is 13.2 Å². The summed E-state index contributed by atoms with van der Waals surface area (Å²) in [7, 11) is 1.94. The van der Waals surface area contributed by atoms with E-state index < -0.39 is 24.8 Å². The van der Waals surface area contributed by atoms with Crippen LogP contribution < -0.4 is 11.1 Å². The van der Waals surface area contributed by atoms with Crippen LogP contribution in [0.5, 0.6) is 0 Å². The van der Waals surface area contributed by atoms with Crippen molar-refractivity contribution in [3.05, 3.63) is 28.6 Å². The minimum atomic E-state index is -4.45. The third-order valence-corrected chi connectivity index (χ3v) is 7.35. The second-order valence-electron chi connectivity index (χ2n) is 7.76. The summed E-state index contributed by atoms with van der Waals surface area (Å²) in [6, 6.07) is 4.72. The summed E-state index contributed by atoms with van der Waals surface area (Å²) in [4.78, 5) is 2.17. The molecule has 2 saturated heterocycles. The first-order chi connectivity index (χ1) is 14.7. The molecule has 2 aliphatic heterocycles. The molecule has 4 unspecified atom stereocenters. The molecule has 31 heavy (non-hydrogen) atoms. The molecular weight excluding hydrogens is 432 g/mol. The lowest BCUT2D eigenvalue weighted by Crippen LogP contribution is -2.53. The summed E-state index contributed by atoms with van der Waals surface area (Å²) in [6.07, 6.45) is -4.30. The predicted octanol–water partition coefficient (Wildman–Crippen LogP) is 5.11. The molecule has 1 aromatic heterocycles. The number of piperidine rings is 1. The molecule has 0 radical (unpaired) electrons. The van der Waals surface area contributed by atoms with Crippen LogP contribution in [0, 0.1) is 0 Å². The van der Waals surface area contributed by atoms with Crippen LogP contribution in [-0.2, 0) is 6.42 Å². The second kappa shape index (κ2) is 9.20. The first kappa shape index (κ1) is 23.6. The summed E-state index contributed by atoms with van der Waals surface area (Å²) < 4.78 is 55.0. The Labute approximate surface area is 182 Å². The van der Waals surface area contributed by atoms with Gasteiger partial charge in [0.1, 0.15) is 6.17 Å². The number of thiophene rings is 1. The first-order valence-corrected chi connectivity index (χ1v) is 11.2. The van der Waals surface area contributed by atoms with E-state index in [4.69, 9.17) is 10.9 Å². The number of nitrogens with zero attached hydrogens (tertiary/aromatic N) is 2. The Bertz CT molecular complexity index is 945. The molecule has 4 N–H and O–H groups in total. The van der Waals surface area contributed by atoms with E-state index in [1.165, 1.54) is 0 Å². The normalized spacial score (nSPS) is 26.6. The largest absolute Gasteiger partial charge is 0.409 e. The van der Waals surface area contributed by atoms with Crippen molar-refractivity contribution >= 4 is 32.9 Å². The third-order valence-electron chi connectivity index (χ3n) is 6.05. The van der Waals surface area contributed by atoms with Gasteiger partial charge in [-0.1, -0.05) is 31.1 Å². The Kier molecular flexibility index (Phi) is 7.00. The first-order valence-electron chi connectivity index (χ1n) is 10.4. The molecule has 2 fully saturated rings. The quantitative estimate of drug-likeness (QED) is 0.195. The van der Waals surface area contributed by atoms with E-state index in [1.54, 1.807) is 18.2 Å². The molecule has 4 rings (SSSR count). The lowest BCUT2D eigenvalue weighted by Gasteiger charge is -2.39. The average molecular weight is 461 g/mol. The van der Waals surface area contributed by atoms with Crippen molar-refractivity contribution in [3.63, 3.8) is 0 Å². The Morgan fingerprint density at radius 2 is 2.03 bits per heavy atom. The van der Waals surface area contributed by atoms with E-state index in [0.29, 0.717) is 28.2 Å². The zero-order valence-electron chi connectivity index (χ0n) is 17.7. The number of oxime groups is 1. The van der Waals surface area contributed by atoms with Crippen molar-refractivity contribution in [3.8, 4) is 0 Å². The van der Waals surface area contributed by atoms with Crippen LogP contribution in [-0.4, -0.2) is 53.5 Å². The maximum atomic E-state index is 15.0. The number of nitrogens with two attached hydrogens (primary N) is 1. The van der Waals surface area contributed by atoms with Crippen LogP contribution in [0.3, 0.4) is 0 Å². The van der Waals surface area contributed by atoms with Crippen LogP contribution >= 0.6 is 11.3 Å². The summed E-state index contributed by atoms with van der Waals surface area (Å²) in [5, 5.41) is 15.5. The zero-order chi connectivity index (χ0) is 22.9. The van der Waals surface area contributed by atoms with Gasteiger partial charge in [0.05, 0.1) is 27.7 Å². The monoisotopic (exact) mass is 460 g/mol. The van der Waals surface area contributed by atoms with Gasteiger partial charge in [-0.2, -0.15) is 13.2 Å². The summed E-state index contributed by atoms with van der Waals surface area (Å²) in [5.74, 6) is -0.364. The molecule has 0 amide bonds. The van der Waals surface area contributed by atoms with E-state index in [-0.39, 0.29) is 22.3 Å². The smallest absolute Gasteiger partial charge is 0.393 e. The van der Waals surface area contributed by atoms with Crippen molar-refractivity contribution in [1.82, 2.24) is 4.90 Å². The molecule has 0 aliphatic carbocycles. The van der Waals surface area contributed by atoms with Gasteiger partial charge in [-0.25, -0.2) is 4.39 Å². The van der Waals surface area contributed by atoms with E-state index >= 15 is 4.39 Å². The SMILES string of the molecule is CC.CN1C2CCC1C(F)C(Nc1cccc3c(CC(F)(F)F)c(/C(N)=N/O)sc13)C2. The number of hydrogen-bond acceptors (Lipinski definition) is 5. The number of amidine groups is 1. The van der Waals surface area contributed by atoms with E-state index in [2.05, 4.69) is 15.4 Å². The van der Waals surface area contributed by atoms with Crippen molar-refractivity contribution in [2.24, 2.45) is 10.9 Å². The highest BCUT2D eigenvalue weighted by Gasteiger charge is 2.46. The Morgan fingerprint density at radius 1 is 1.32 bits per heavy atom. The Hall–Kier alpha value is -2.07. The van der Waals surface area contributed by atoms with Crippen LogP contribution in [0.4, 0.5) is 23.2 Å². The summed E-state index contributed by atoms with van der Waals surface area (Å²) in [6.45, 7) is 4.00. The molecule has 5 nitrogen and oxygen atoms in total. The van der Waals surface area contributed by atoms with E-state index in [1.807, 2.05) is 20.9 Å². The summed E-state index contributed by atoms with van der Waals surface area (Å²) in [5.41, 5.74) is 6.19. The maximum Gasteiger partial charge on any atom is 0.393 e. The predicted molar refractivity (Wildman–Crippen MR) is 117 cm³/mol. The van der Waals surface area contributed by atoms with Gasteiger partial charge in [0, 0.05) is 12.1 Å². The highest BCUT2D eigenvalue weighted by Crippen LogP contribution is 2.42. The number of halogens is 4. The molecule has 10 heteroatoms. The number of benzene rings is 1. The molecule has 2 bridgehead atoms. The van der Waals surface area contributed by atoms with Crippen LogP contribution in [0.1, 0.15) is 43.6 Å². The third kappa shape index (κ3) is 4.59. The second-order valence-corrected chi connectivity index (χ2v) is 8.78. The fourth-order valence-electron chi connectivity index (χ4n) is 4.65. The van der Waals surface area contributed by atoms with Crippen molar-refractivity contribution < 1.29 is 22.8 Å². The highest BCUT2D eigenvalue weighted by molar-refractivity contribution is 7.21. The van der Waals surface area contributed by atoms with Crippen molar-refractivity contribution in [1.29, 1.82) is 0 Å². The van der Waals surface area contributed by atoms with Gasteiger partial charge in [-0.05, 0) is 43.3 Å². The van der Waals surface area contributed by atoms with Gasteiger partial charge in [-0.15, -0.1) is 11.3 Å².